The van der Waals surface area contributed by atoms with Crippen molar-refractivity contribution in [1.29, 1.82) is 0 Å². The molecule has 2 aromatic heterocycles. The maximum Gasteiger partial charge on any atom is 0.261 e. The Balaban J connectivity index is 1.93. The summed E-state index contributed by atoms with van der Waals surface area (Å²) in [6.07, 6.45) is 1.44. The largest absolute Gasteiger partial charge is 0.383 e. The first-order chi connectivity index (χ1) is 12.4. The fourth-order valence-corrected chi connectivity index (χ4v) is 3.51. The van der Waals surface area contributed by atoms with Crippen LogP contribution >= 0.6 is 0 Å². The Morgan fingerprint density at radius 2 is 2.00 bits per heavy atom. The molecule has 0 fully saturated rings. The van der Waals surface area contributed by atoms with Crippen LogP contribution in [-0.4, -0.2) is 33.6 Å². The summed E-state index contributed by atoms with van der Waals surface area (Å²) >= 11 is 0. The van der Waals surface area contributed by atoms with E-state index < -0.39 is 0 Å². The maximum atomic E-state index is 12.8. The molecule has 26 heavy (non-hydrogen) atoms. The Labute approximate surface area is 152 Å². The topological polar surface area (TPSA) is 66.1 Å². The van der Waals surface area contributed by atoms with E-state index in [2.05, 4.69) is 16.5 Å². The average molecular weight is 353 g/mol. The molecule has 0 bridgehead atoms. The molecule has 0 N–H and O–H groups in total. The number of fused-ring (bicyclic) bond motifs is 1. The van der Waals surface area contributed by atoms with E-state index in [0.717, 1.165) is 11.4 Å². The molecule has 136 valence electrons. The van der Waals surface area contributed by atoms with Crippen molar-refractivity contribution in [3.8, 4) is 0 Å². The average Bonchev–Trinajstić information content (AvgIpc) is 2.92. The minimum Gasteiger partial charge on any atom is -0.383 e. The molecule has 6 nitrogen and oxygen atoms in total. The highest BCUT2D eigenvalue weighted by atomic mass is 16.5. The molecule has 3 aromatic rings. The van der Waals surface area contributed by atoms with Crippen LogP contribution in [0.15, 0.2) is 41.5 Å². The van der Waals surface area contributed by atoms with Crippen LogP contribution in [0.1, 0.15) is 34.7 Å². The van der Waals surface area contributed by atoms with Crippen molar-refractivity contribution in [2.45, 2.75) is 33.4 Å². The summed E-state index contributed by atoms with van der Waals surface area (Å²) in [6, 6.07) is 9.15. The highest BCUT2D eigenvalue weighted by Crippen LogP contribution is 2.21. The van der Waals surface area contributed by atoms with Gasteiger partial charge in [-0.15, -0.1) is 0 Å². The molecule has 0 aliphatic rings. The molecule has 0 spiro atoms. The van der Waals surface area contributed by atoms with E-state index in [-0.39, 0.29) is 23.9 Å². The van der Waals surface area contributed by atoms with Crippen LogP contribution in [0.2, 0.25) is 0 Å². The standard InChI is InChI=1S/C20H23N3O3/c1-13-9-17(15(3)23(13)14(2)11-26-4)19(24)10-22-12-21-18-8-6-5-7-16(18)20(22)25/h5-9,12,14H,10-11H2,1-4H3. The summed E-state index contributed by atoms with van der Waals surface area (Å²) in [4.78, 5) is 29.7. The molecule has 2 heterocycles. The number of hydrogen-bond acceptors (Lipinski definition) is 4. The number of ether oxygens (including phenoxy) is 1. The zero-order valence-electron chi connectivity index (χ0n) is 15.5. The second-order valence-corrected chi connectivity index (χ2v) is 6.58. The number of methoxy groups -OCH3 is 1. The zero-order valence-corrected chi connectivity index (χ0v) is 15.5. The van der Waals surface area contributed by atoms with Crippen LogP contribution < -0.4 is 5.56 Å². The summed E-state index contributed by atoms with van der Waals surface area (Å²) in [7, 11) is 1.66. The van der Waals surface area contributed by atoms with Crippen molar-refractivity contribution < 1.29 is 9.53 Å². The predicted octanol–water partition coefficient (Wildman–Crippen LogP) is 2.91. The monoisotopic (exact) mass is 353 g/mol. The van der Waals surface area contributed by atoms with E-state index >= 15 is 0 Å². The first kappa shape index (κ1) is 18.1. The van der Waals surface area contributed by atoms with Gasteiger partial charge in [-0.25, -0.2) is 4.98 Å². The molecule has 1 aromatic carbocycles. The lowest BCUT2D eigenvalue weighted by molar-refractivity contribution is 0.0969. The minimum absolute atomic E-state index is 0.0282. The number of benzene rings is 1. The van der Waals surface area contributed by atoms with Gasteiger partial charge in [0.15, 0.2) is 5.78 Å². The number of aromatic nitrogens is 3. The van der Waals surface area contributed by atoms with Gasteiger partial charge in [0.2, 0.25) is 0 Å². The number of para-hydroxylation sites is 1. The number of rotatable bonds is 6. The van der Waals surface area contributed by atoms with Gasteiger partial charge in [0, 0.05) is 24.1 Å². The molecule has 0 saturated heterocycles. The lowest BCUT2D eigenvalue weighted by Gasteiger charge is -2.17. The van der Waals surface area contributed by atoms with Crippen molar-refractivity contribution >= 4 is 16.7 Å². The van der Waals surface area contributed by atoms with E-state index in [1.165, 1.54) is 10.9 Å². The third-order valence-electron chi connectivity index (χ3n) is 4.68. The van der Waals surface area contributed by atoms with Gasteiger partial charge in [-0.2, -0.15) is 0 Å². The minimum atomic E-state index is -0.203. The fraction of sp³-hybridized carbons (Fsp3) is 0.350. The Bertz CT molecular complexity index is 1020. The van der Waals surface area contributed by atoms with Crippen LogP contribution in [0.25, 0.3) is 10.9 Å². The number of hydrogen-bond donors (Lipinski definition) is 0. The van der Waals surface area contributed by atoms with Crippen LogP contribution in [0.4, 0.5) is 0 Å². The van der Waals surface area contributed by atoms with Gasteiger partial charge in [-0.1, -0.05) is 12.1 Å². The molecule has 1 atom stereocenters. The predicted molar refractivity (Wildman–Crippen MR) is 101 cm³/mol. The Morgan fingerprint density at radius 3 is 2.73 bits per heavy atom. The number of carbonyl (C=O) groups is 1. The van der Waals surface area contributed by atoms with Gasteiger partial charge in [-0.3, -0.25) is 14.2 Å². The number of aryl methyl sites for hydroxylation is 1. The summed E-state index contributed by atoms with van der Waals surface area (Å²) in [5, 5.41) is 0.516. The van der Waals surface area contributed by atoms with Crippen molar-refractivity contribution in [3.63, 3.8) is 0 Å². The SMILES string of the molecule is COCC(C)n1c(C)cc(C(=O)Cn2cnc3ccccc3c2=O)c1C. The van der Waals surface area contributed by atoms with Gasteiger partial charge in [0.25, 0.3) is 5.56 Å². The number of carbonyl (C=O) groups excluding carboxylic acids is 1. The first-order valence-corrected chi connectivity index (χ1v) is 8.58. The lowest BCUT2D eigenvalue weighted by Crippen LogP contribution is -2.25. The fourth-order valence-electron chi connectivity index (χ4n) is 3.51. The second kappa shape index (κ2) is 7.25. The number of nitrogens with zero attached hydrogens (tertiary/aromatic N) is 3. The van der Waals surface area contributed by atoms with Crippen LogP contribution in [0, 0.1) is 13.8 Å². The third kappa shape index (κ3) is 3.20. The lowest BCUT2D eigenvalue weighted by atomic mass is 10.1. The number of ketones is 1. The van der Waals surface area contributed by atoms with Crippen molar-refractivity contribution in [2.75, 3.05) is 13.7 Å². The van der Waals surface area contributed by atoms with E-state index in [4.69, 9.17) is 4.74 Å². The van der Waals surface area contributed by atoms with E-state index in [1.54, 1.807) is 25.3 Å². The highest BCUT2D eigenvalue weighted by Gasteiger charge is 2.19. The van der Waals surface area contributed by atoms with Crippen molar-refractivity contribution in [3.05, 3.63) is 64.0 Å². The summed E-state index contributed by atoms with van der Waals surface area (Å²) in [5.41, 5.74) is 2.95. The van der Waals surface area contributed by atoms with Crippen LogP contribution in [-0.2, 0) is 11.3 Å². The molecule has 0 aliphatic carbocycles. The first-order valence-electron chi connectivity index (χ1n) is 8.58. The molecule has 0 amide bonds. The van der Waals surface area contributed by atoms with Crippen LogP contribution in [0.5, 0.6) is 0 Å². The van der Waals surface area contributed by atoms with Crippen molar-refractivity contribution in [2.24, 2.45) is 0 Å². The molecular formula is C20H23N3O3. The molecular weight excluding hydrogens is 330 g/mol. The quantitative estimate of drug-likeness (QED) is 0.639. The molecule has 0 radical (unpaired) electrons. The van der Waals surface area contributed by atoms with E-state index in [1.807, 2.05) is 26.0 Å². The smallest absolute Gasteiger partial charge is 0.261 e. The molecule has 1 unspecified atom stereocenters. The molecule has 0 aliphatic heterocycles. The van der Waals surface area contributed by atoms with E-state index in [9.17, 15) is 9.59 Å². The Morgan fingerprint density at radius 1 is 1.27 bits per heavy atom. The summed E-state index contributed by atoms with van der Waals surface area (Å²) in [6.45, 7) is 6.49. The molecule has 0 saturated carbocycles. The molecule has 6 heteroatoms. The van der Waals surface area contributed by atoms with Gasteiger partial charge >= 0.3 is 0 Å². The van der Waals surface area contributed by atoms with Gasteiger partial charge in [0.05, 0.1) is 36.4 Å². The Hall–Kier alpha value is -2.73. The zero-order chi connectivity index (χ0) is 18.8. The molecule has 3 rings (SSSR count). The van der Waals surface area contributed by atoms with Gasteiger partial charge < -0.3 is 9.30 Å². The second-order valence-electron chi connectivity index (χ2n) is 6.58. The van der Waals surface area contributed by atoms with Gasteiger partial charge in [-0.05, 0) is 39.0 Å². The third-order valence-corrected chi connectivity index (χ3v) is 4.68. The maximum absolute atomic E-state index is 12.8. The highest BCUT2D eigenvalue weighted by molar-refractivity contribution is 5.97. The van der Waals surface area contributed by atoms with Crippen molar-refractivity contribution in [1.82, 2.24) is 14.1 Å². The summed E-state index contributed by atoms with van der Waals surface area (Å²) < 4.78 is 8.70. The van der Waals surface area contributed by atoms with Crippen LogP contribution in [0.3, 0.4) is 0 Å². The van der Waals surface area contributed by atoms with Gasteiger partial charge in [0.1, 0.15) is 0 Å². The summed E-state index contributed by atoms with van der Waals surface area (Å²) in [5.74, 6) is -0.104. The van der Waals surface area contributed by atoms with E-state index in [0.29, 0.717) is 23.1 Å². The normalized spacial score (nSPS) is 12.5. The number of Topliss-reactive ketones (excluding diaryl/α,β-unsaturated/α-hetero) is 1. The Kier molecular flexibility index (Phi) is 5.04.